The fourth-order valence-corrected chi connectivity index (χ4v) is 8.17. The summed E-state index contributed by atoms with van der Waals surface area (Å²) in [7, 11) is 0. The third-order valence-electron chi connectivity index (χ3n) is 10.2. The first-order valence-electron chi connectivity index (χ1n) is 17.6. The molecule has 0 saturated carbocycles. The van der Waals surface area contributed by atoms with Crippen molar-refractivity contribution in [1.29, 1.82) is 0 Å². The summed E-state index contributed by atoms with van der Waals surface area (Å²) in [4.78, 5) is 46.1. The van der Waals surface area contributed by atoms with Gasteiger partial charge >= 0.3 is 12.2 Å². The molecule has 0 bridgehead atoms. The first-order valence-corrected chi connectivity index (χ1v) is 17.6. The fraction of sp³-hybridized carbons (Fsp3) is 0.436. The van der Waals surface area contributed by atoms with E-state index in [0.717, 1.165) is 25.2 Å². The van der Waals surface area contributed by atoms with Gasteiger partial charge in [-0.05, 0) is 120 Å². The van der Waals surface area contributed by atoms with E-state index in [1.54, 1.807) is 39.0 Å². The Bertz CT molecular complexity index is 2050. The summed E-state index contributed by atoms with van der Waals surface area (Å²) in [6.45, 7) is 11.9. The number of likely N-dealkylation sites (tertiary alicyclic amines) is 1. The highest BCUT2D eigenvalue weighted by Crippen LogP contribution is 2.55. The molecule has 3 fully saturated rings. The Hall–Kier alpha value is -4.68. The predicted octanol–water partition coefficient (Wildman–Crippen LogP) is 8.49. The minimum atomic E-state index is -3.32. The Balaban J connectivity index is 1.05. The smallest absolute Gasteiger partial charge is 0.444 e. The van der Waals surface area contributed by atoms with Crippen molar-refractivity contribution in [3.05, 3.63) is 65.7 Å². The molecule has 1 unspecified atom stereocenters. The van der Waals surface area contributed by atoms with Gasteiger partial charge in [0.2, 0.25) is 5.91 Å². The zero-order valence-corrected chi connectivity index (χ0v) is 29.7. The van der Waals surface area contributed by atoms with Crippen LogP contribution < -0.4 is 9.91 Å². The van der Waals surface area contributed by atoms with Crippen LogP contribution in [0.2, 0.25) is 0 Å². The van der Waals surface area contributed by atoms with E-state index in [1.807, 2.05) is 45.0 Å². The van der Waals surface area contributed by atoms with E-state index in [1.165, 1.54) is 17.0 Å². The summed E-state index contributed by atoms with van der Waals surface area (Å²) in [5.74, 6) is -3.02. The van der Waals surface area contributed by atoms with Crippen LogP contribution in [0, 0.1) is 0 Å². The van der Waals surface area contributed by atoms with E-state index < -0.39 is 35.2 Å². The van der Waals surface area contributed by atoms with Gasteiger partial charge in [0.15, 0.2) is 11.7 Å². The Morgan fingerprint density at radius 3 is 2.22 bits per heavy atom. The number of hydrogen-bond donors (Lipinski definition) is 1. The molecule has 10 nitrogen and oxygen atoms in total. The van der Waals surface area contributed by atoms with E-state index in [0.29, 0.717) is 53.0 Å². The average Bonchev–Trinajstić information content (AvgIpc) is 3.80. The molecule has 51 heavy (non-hydrogen) atoms. The topological polar surface area (TPSA) is 101 Å². The Morgan fingerprint density at radius 2 is 1.49 bits per heavy atom. The lowest BCUT2D eigenvalue weighted by Crippen LogP contribution is -2.81. The van der Waals surface area contributed by atoms with Gasteiger partial charge in [-0.15, -0.1) is 5.01 Å². The standard InChI is InChI=1S/C39H41F2N5O5/c1-37(2,3)50-35(48)44-17-7-10-31(44)34(47)42-24-13-15-26-25-14-11-22(19-27(25)39(40,41)28(26)21-24)23-12-16-32-29(20-23)43-33-30-9-8-18-45(30)46(32,33)36(49)51-38(4,5)6/h11-16,19-21,30-31H,7-10,17-18H2,1-6H3/p+1/t30-,31-,46?/m0/s1. The molecule has 3 atom stereocenters. The molecule has 1 N–H and O–H groups in total. The summed E-state index contributed by atoms with van der Waals surface area (Å²) < 4.78 is 43.7. The lowest BCUT2D eigenvalue weighted by atomic mass is 9.97. The average molecular weight is 699 g/mol. The van der Waals surface area contributed by atoms with Crippen molar-refractivity contribution in [2.75, 3.05) is 18.4 Å². The molecule has 266 valence electrons. The van der Waals surface area contributed by atoms with Gasteiger partial charge < -0.3 is 14.8 Å². The van der Waals surface area contributed by atoms with Gasteiger partial charge in [-0.1, -0.05) is 22.8 Å². The Kier molecular flexibility index (Phi) is 7.32. The summed E-state index contributed by atoms with van der Waals surface area (Å²) in [5, 5.41) is 4.90. The van der Waals surface area contributed by atoms with Gasteiger partial charge in [-0.2, -0.15) is 18.6 Å². The number of fused-ring (bicyclic) bond motifs is 9. The molecule has 0 spiro atoms. The number of benzene rings is 3. The molecule has 3 aromatic carbocycles. The third-order valence-corrected chi connectivity index (χ3v) is 10.2. The number of amides is 3. The number of quaternary nitrogens is 1. The Morgan fingerprint density at radius 1 is 0.843 bits per heavy atom. The Labute approximate surface area is 295 Å². The van der Waals surface area contributed by atoms with E-state index in [4.69, 9.17) is 14.5 Å². The second-order valence-electron chi connectivity index (χ2n) is 16.0. The highest BCUT2D eigenvalue weighted by Gasteiger charge is 2.72. The number of nitrogens with zero attached hydrogens (tertiary/aromatic N) is 4. The quantitative estimate of drug-likeness (QED) is 0.276. The molecule has 8 rings (SSSR count). The molecular weight excluding hydrogens is 656 g/mol. The van der Waals surface area contributed by atoms with Gasteiger partial charge in [0.25, 0.3) is 11.8 Å². The second kappa shape index (κ2) is 11.2. The number of rotatable bonds is 3. The maximum atomic E-state index is 16.2. The fourth-order valence-electron chi connectivity index (χ4n) is 8.17. The van der Waals surface area contributed by atoms with Crippen molar-refractivity contribution < 1.29 is 32.6 Å². The molecule has 5 aliphatic rings. The molecular formula is C39H42F2N5O5+. The van der Waals surface area contributed by atoms with Crippen molar-refractivity contribution >= 4 is 41.0 Å². The number of amidine groups is 1. The summed E-state index contributed by atoms with van der Waals surface area (Å²) in [6, 6.07) is 14.5. The molecule has 3 saturated heterocycles. The van der Waals surface area contributed by atoms with Crippen molar-refractivity contribution in [3.63, 3.8) is 0 Å². The maximum absolute atomic E-state index is 16.2. The van der Waals surface area contributed by atoms with Gasteiger partial charge in [-0.25, -0.2) is 4.79 Å². The summed E-state index contributed by atoms with van der Waals surface area (Å²) >= 11 is 0. The zero-order chi connectivity index (χ0) is 36.2. The van der Waals surface area contributed by atoms with Gasteiger partial charge in [-0.3, -0.25) is 9.69 Å². The first-order chi connectivity index (χ1) is 24.0. The minimum Gasteiger partial charge on any atom is -0.444 e. The first kappa shape index (κ1) is 33.5. The largest absolute Gasteiger partial charge is 0.548 e. The van der Waals surface area contributed by atoms with Crippen LogP contribution in [0.1, 0.15) is 78.4 Å². The SMILES string of the molecule is CC(C)(C)OC(=O)N1CCC[C@H]1C(=O)Nc1ccc2c(c1)C(F)(F)c1cc(-c3ccc4c(c3)N=C3[C@@H]5CCCN5[N+]34C(=O)OC(C)(C)C)ccc1-2. The minimum absolute atomic E-state index is 0.0716. The molecule has 3 amide bonds. The number of ether oxygens (including phenoxy) is 2. The monoisotopic (exact) mass is 698 g/mol. The van der Waals surface area contributed by atoms with Crippen LogP contribution in [0.5, 0.6) is 0 Å². The third kappa shape index (κ3) is 5.17. The van der Waals surface area contributed by atoms with Gasteiger partial charge in [0.1, 0.15) is 22.9 Å². The number of alkyl halides is 2. The van der Waals surface area contributed by atoms with E-state index >= 15 is 8.78 Å². The normalized spacial score (nSPS) is 24.1. The molecule has 4 aliphatic heterocycles. The lowest BCUT2D eigenvalue weighted by molar-refractivity contribution is -0.120. The van der Waals surface area contributed by atoms with Crippen molar-refractivity contribution in [2.24, 2.45) is 4.99 Å². The summed E-state index contributed by atoms with van der Waals surface area (Å²) in [6.07, 6.45) is 2.01. The lowest BCUT2D eigenvalue weighted by Gasteiger charge is -2.49. The molecule has 4 heterocycles. The van der Waals surface area contributed by atoms with Crippen LogP contribution in [0.3, 0.4) is 0 Å². The van der Waals surface area contributed by atoms with E-state index in [9.17, 15) is 14.4 Å². The van der Waals surface area contributed by atoms with Crippen LogP contribution in [0.4, 0.5) is 35.4 Å². The number of carbonyl (C=O) groups is 3. The number of halogens is 2. The van der Waals surface area contributed by atoms with E-state index in [2.05, 4.69) is 10.3 Å². The highest BCUT2D eigenvalue weighted by molar-refractivity contribution is 6.20. The number of carbonyl (C=O) groups excluding carboxylic acids is 3. The molecule has 1 aliphatic carbocycles. The van der Waals surface area contributed by atoms with Crippen molar-refractivity contribution in [1.82, 2.24) is 14.5 Å². The molecule has 12 heteroatoms. The number of nitrogens with one attached hydrogen (secondary N) is 1. The number of aliphatic imine (C=N–C) groups is 1. The number of hydrogen-bond acceptors (Lipinski definition) is 7. The second-order valence-corrected chi connectivity index (χ2v) is 16.0. The van der Waals surface area contributed by atoms with Gasteiger partial charge in [0.05, 0.1) is 6.54 Å². The van der Waals surface area contributed by atoms with Crippen LogP contribution in [-0.4, -0.2) is 70.2 Å². The van der Waals surface area contributed by atoms with Crippen LogP contribution >= 0.6 is 0 Å². The van der Waals surface area contributed by atoms with Crippen molar-refractivity contribution in [2.45, 2.75) is 96.4 Å². The summed E-state index contributed by atoms with van der Waals surface area (Å²) in [5.41, 5.74) is 1.97. The van der Waals surface area contributed by atoms with Crippen LogP contribution in [-0.2, 0) is 20.2 Å². The van der Waals surface area contributed by atoms with Crippen LogP contribution in [0.25, 0.3) is 22.3 Å². The number of anilines is 1. The zero-order valence-electron chi connectivity index (χ0n) is 29.7. The van der Waals surface area contributed by atoms with E-state index in [-0.39, 0.29) is 33.5 Å². The predicted molar refractivity (Wildman–Crippen MR) is 190 cm³/mol. The van der Waals surface area contributed by atoms with Crippen LogP contribution in [0.15, 0.2) is 59.6 Å². The molecule has 3 aromatic rings. The molecule has 0 radical (unpaired) electrons. The maximum Gasteiger partial charge on any atom is 0.548 e. The van der Waals surface area contributed by atoms with Gasteiger partial charge in [0, 0.05) is 29.4 Å². The molecule has 0 aromatic heterocycles. The highest BCUT2D eigenvalue weighted by atomic mass is 19.3. The van der Waals surface area contributed by atoms with Crippen molar-refractivity contribution in [3.8, 4) is 22.3 Å².